The summed E-state index contributed by atoms with van der Waals surface area (Å²) >= 11 is 0. The van der Waals surface area contributed by atoms with Crippen molar-refractivity contribution >= 4 is 22.8 Å². The van der Waals surface area contributed by atoms with Gasteiger partial charge in [0.25, 0.3) is 0 Å². The van der Waals surface area contributed by atoms with Gasteiger partial charge in [-0.3, -0.25) is 15.8 Å². The summed E-state index contributed by atoms with van der Waals surface area (Å²) < 4.78 is 1.32. The minimum absolute atomic E-state index is 0.179. The Balaban J connectivity index is 1.92. The van der Waals surface area contributed by atoms with Gasteiger partial charge >= 0.3 is 0 Å². The van der Waals surface area contributed by atoms with Crippen LogP contribution in [0.3, 0.4) is 0 Å². The summed E-state index contributed by atoms with van der Waals surface area (Å²) in [5, 5.41) is 21.4. The van der Waals surface area contributed by atoms with Crippen molar-refractivity contribution in [1.82, 2.24) is 14.8 Å². The molecule has 3 aromatic rings. The first-order valence-electron chi connectivity index (χ1n) is 6.86. The zero-order valence-corrected chi connectivity index (χ0v) is 12.0. The van der Waals surface area contributed by atoms with Crippen molar-refractivity contribution in [3.8, 4) is 0 Å². The van der Waals surface area contributed by atoms with Gasteiger partial charge in [-0.15, -0.1) is 0 Å². The van der Waals surface area contributed by atoms with Crippen LogP contribution in [0.5, 0.6) is 0 Å². The summed E-state index contributed by atoms with van der Waals surface area (Å²) in [5.41, 5.74) is 2.74. The number of hydrogen-bond acceptors (Lipinski definition) is 4. The summed E-state index contributed by atoms with van der Waals surface area (Å²) in [4.78, 5) is 4.28. The first-order chi connectivity index (χ1) is 10.7. The maximum absolute atomic E-state index is 8.22. The van der Waals surface area contributed by atoms with E-state index in [0.717, 1.165) is 16.5 Å². The van der Waals surface area contributed by atoms with E-state index in [4.69, 9.17) is 10.8 Å². The van der Waals surface area contributed by atoms with Crippen LogP contribution < -0.4 is 5.49 Å². The molecule has 0 unspecified atom stereocenters. The molecule has 0 bridgehead atoms. The smallest absolute Gasteiger partial charge is 0.148 e. The van der Waals surface area contributed by atoms with E-state index in [1.165, 1.54) is 4.68 Å². The largest absolute Gasteiger partial charge is 0.286 e. The fourth-order valence-electron chi connectivity index (χ4n) is 2.26. The second-order valence-electron chi connectivity index (χ2n) is 4.91. The van der Waals surface area contributed by atoms with Crippen molar-refractivity contribution in [3.05, 3.63) is 72.0 Å². The lowest BCUT2D eigenvalue weighted by Crippen LogP contribution is -2.30. The highest BCUT2D eigenvalue weighted by Gasteiger charge is 2.06. The Kier molecular flexibility index (Phi) is 3.62. The summed E-state index contributed by atoms with van der Waals surface area (Å²) in [7, 11) is 0. The number of benzene rings is 1. The van der Waals surface area contributed by atoms with E-state index < -0.39 is 0 Å². The van der Waals surface area contributed by atoms with Crippen LogP contribution in [-0.4, -0.2) is 20.6 Å². The van der Waals surface area contributed by atoms with Crippen molar-refractivity contribution < 1.29 is 0 Å². The van der Waals surface area contributed by atoms with Crippen LogP contribution in [0.2, 0.25) is 0 Å². The van der Waals surface area contributed by atoms with Gasteiger partial charge < -0.3 is 0 Å². The standard InChI is InChI=1S/C17H15N5/c1-2-14-6-8-16(18)22(21-14)17(19)11-12-5-7-15-13(10-12)4-3-9-20-15/h2-10,18-19H,1,11H2. The number of fused-ring (bicyclic) bond motifs is 1. The Morgan fingerprint density at radius 3 is 2.91 bits per heavy atom. The van der Waals surface area contributed by atoms with E-state index in [9.17, 15) is 0 Å². The molecule has 0 aliphatic carbocycles. The van der Waals surface area contributed by atoms with Gasteiger partial charge in [0.1, 0.15) is 11.3 Å². The third-order valence-corrected chi connectivity index (χ3v) is 3.36. The summed E-state index contributed by atoms with van der Waals surface area (Å²) in [6, 6.07) is 13.1. The SMILES string of the molecule is C=Cc1ccc(=N)n(C(=N)Cc2ccc3ncccc3c2)n1. The monoisotopic (exact) mass is 289 g/mol. The molecule has 0 aliphatic rings. The molecule has 0 amide bonds. The molecule has 108 valence electrons. The number of nitrogens with one attached hydrogen (secondary N) is 2. The normalized spacial score (nSPS) is 10.5. The summed E-state index contributed by atoms with van der Waals surface area (Å²) in [5.74, 6) is 0.247. The summed E-state index contributed by atoms with van der Waals surface area (Å²) in [6.07, 6.45) is 3.76. The van der Waals surface area contributed by atoms with E-state index in [0.29, 0.717) is 12.1 Å². The van der Waals surface area contributed by atoms with Crippen LogP contribution in [0.4, 0.5) is 0 Å². The van der Waals surface area contributed by atoms with Crippen LogP contribution in [-0.2, 0) is 6.42 Å². The van der Waals surface area contributed by atoms with E-state index in [-0.39, 0.29) is 11.3 Å². The number of nitrogens with zero attached hydrogens (tertiary/aromatic N) is 3. The van der Waals surface area contributed by atoms with E-state index in [2.05, 4.69) is 16.7 Å². The first-order valence-corrected chi connectivity index (χ1v) is 6.86. The molecule has 3 rings (SSSR count). The minimum Gasteiger partial charge on any atom is -0.286 e. The Morgan fingerprint density at radius 2 is 2.09 bits per heavy atom. The average molecular weight is 289 g/mol. The highest BCUT2D eigenvalue weighted by molar-refractivity contribution is 5.85. The lowest BCUT2D eigenvalue weighted by molar-refractivity contribution is 0.789. The maximum Gasteiger partial charge on any atom is 0.148 e. The van der Waals surface area contributed by atoms with Crippen LogP contribution in [0.15, 0.2) is 55.2 Å². The molecule has 0 saturated heterocycles. The highest BCUT2D eigenvalue weighted by Crippen LogP contribution is 2.14. The molecule has 5 heteroatoms. The molecule has 0 spiro atoms. The van der Waals surface area contributed by atoms with Crippen molar-refractivity contribution in [2.45, 2.75) is 6.42 Å². The Bertz CT molecular complexity index is 923. The molecule has 2 aromatic heterocycles. The van der Waals surface area contributed by atoms with Gasteiger partial charge in [0.05, 0.1) is 11.2 Å². The second-order valence-corrected chi connectivity index (χ2v) is 4.91. The second kappa shape index (κ2) is 5.73. The van der Waals surface area contributed by atoms with Gasteiger partial charge in [0.15, 0.2) is 0 Å². The molecule has 0 aliphatic heterocycles. The van der Waals surface area contributed by atoms with Gasteiger partial charge in [-0.05, 0) is 42.0 Å². The van der Waals surface area contributed by atoms with Crippen molar-refractivity contribution in [2.24, 2.45) is 0 Å². The minimum atomic E-state index is 0.179. The number of hydrogen-bond donors (Lipinski definition) is 2. The fraction of sp³-hybridized carbons (Fsp3) is 0.0588. The molecule has 5 nitrogen and oxygen atoms in total. The Labute approximate surface area is 127 Å². The summed E-state index contributed by atoms with van der Waals surface area (Å²) in [6.45, 7) is 3.66. The number of rotatable bonds is 3. The Morgan fingerprint density at radius 1 is 1.23 bits per heavy atom. The van der Waals surface area contributed by atoms with Gasteiger partial charge in [-0.1, -0.05) is 18.7 Å². The van der Waals surface area contributed by atoms with Crippen molar-refractivity contribution in [3.63, 3.8) is 0 Å². The Hall–Kier alpha value is -3.08. The molecule has 2 N–H and O–H groups in total. The zero-order valence-electron chi connectivity index (χ0n) is 12.0. The quantitative estimate of drug-likeness (QED) is 0.574. The zero-order chi connectivity index (χ0) is 15.5. The number of aromatic nitrogens is 3. The topological polar surface area (TPSA) is 78.4 Å². The molecular weight excluding hydrogens is 274 g/mol. The van der Waals surface area contributed by atoms with Gasteiger partial charge in [0, 0.05) is 18.0 Å². The van der Waals surface area contributed by atoms with Crippen LogP contribution >= 0.6 is 0 Å². The predicted octanol–water partition coefficient (Wildman–Crippen LogP) is 2.62. The van der Waals surface area contributed by atoms with Crippen LogP contribution in [0.25, 0.3) is 17.0 Å². The van der Waals surface area contributed by atoms with Gasteiger partial charge in [0.2, 0.25) is 0 Å². The maximum atomic E-state index is 8.22. The number of pyridine rings is 1. The molecule has 0 radical (unpaired) electrons. The lowest BCUT2D eigenvalue weighted by atomic mass is 10.1. The van der Waals surface area contributed by atoms with Crippen LogP contribution in [0.1, 0.15) is 11.3 Å². The van der Waals surface area contributed by atoms with E-state index in [1.54, 1.807) is 24.4 Å². The van der Waals surface area contributed by atoms with E-state index in [1.807, 2.05) is 30.3 Å². The average Bonchev–Trinajstić information content (AvgIpc) is 2.55. The van der Waals surface area contributed by atoms with E-state index >= 15 is 0 Å². The molecule has 2 heterocycles. The van der Waals surface area contributed by atoms with Crippen LogP contribution in [0, 0.1) is 10.8 Å². The fourth-order valence-corrected chi connectivity index (χ4v) is 2.26. The molecule has 0 atom stereocenters. The molecule has 0 fully saturated rings. The highest BCUT2D eigenvalue weighted by atomic mass is 15.3. The third-order valence-electron chi connectivity index (χ3n) is 3.36. The molecule has 0 saturated carbocycles. The first kappa shape index (κ1) is 13.9. The molecule has 1 aromatic carbocycles. The molecular formula is C17H15N5. The van der Waals surface area contributed by atoms with Gasteiger partial charge in [-0.25, -0.2) is 4.68 Å². The third kappa shape index (κ3) is 2.69. The molecule has 22 heavy (non-hydrogen) atoms. The van der Waals surface area contributed by atoms with Gasteiger partial charge in [-0.2, -0.15) is 5.10 Å². The van der Waals surface area contributed by atoms with Crippen molar-refractivity contribution in [1.29, 1.82) is 10.8 Å². The lowest BCUT2D eigenvalue weighted by Gasteiger charge is -2.09. The predicted molar refractivity (Wildman–Crippen MR) is 86.7 cm³/mol. The van der Waals surface area contributed by atoms with Crippen molar-refractivity contribution in [2.75, 3.05) is 0 Å².